The van der Waals surface area contributed by atoms with E-state index in [1.807, 2.05) is 0 Å². The molecule has 19 heavy (non-hydrogen) atoms. The maximum atomic E-state index is 12.0. The van der Waals surface area contributed by atoms with E-state index in [0.29, 0.717) is 13.2 Å². The van der Waals surface area contributed by atoms with E-state index in [4.69, 9.17) is 10.5 Å². The zero-order valence-electron chi connectivity index (χ0n) is 11.4. The predicted molar refractivity (Wildman–Crippen MR) is 74.4 cm³/mol. The van der Waals surface area contributed by atoms with Crippen molar-refractivity contribution >= 4 is 5.69 Å². The van der Waals surface area contributed by atoms with Crippen LogP contribution < -0.4 is 16.2 Å². The summed E-state index contributed by atoms with van der Waals surface area (Å²) in [4.78, 5) is 14.2. The van der Waals surface area contributed by atoms with Gasteiger partial charge in [0.25, 0.3) is 5.56 Å². The summed E-state index contributed by atoms with van der Waals surface area (Å²) in [6.07, 6.45) is 5.39. The number of anilines is 1. The van der Waals surface area contributed by atoms with Gasteiger partial charge >= 0.3 is 0 Å². The topological polar surface area (TPSA) is 73.4 Å². The standard InChI is InChI=1S/C13H22N4O2/c1-19-10-11(14)9-17-13(18)7-12(8-15-17)16-5-3-2-4-6-16/h7-8,11H,2-6,9-10,14H2,1H3. The number of nitrogens with two attached hydrogens (primary N) is 1. The Bertz CT molecular complexity index is 454. The molecule has 2 heterocycles. The summed E-state index contributed by atoms with van der Waals surface area (Å²) in [7, 11) is 1.59. The molecule has 1 fully saturated rings. The van der Waals surface area contributed by atoms with E-state index in [9.17, 15) is 4.79 Å². The monoisotopic (exact) mass is 266 g/mol. The van der Waals surface area contributed by atoms with Gasteiger partial charge in [0, 0.05) is 32.3 Å². The third-order valence-electron chi connectivity index (χ3n) is 3.36. The van der Waals surface area contributed by atoms with Gasteiger partial charge in [-0.15, -0.1) is 0 Å². The number of piperidine rings is 1. The minimum absolute atomic E-state index is 0.102. The first kappa shape index (κ1) is 14.0. The molecular weight excluding hydrogens is 244 g/mol. The van der Waals surface area contributed by atoms with Crippen molar-refractivity contribution in [2.24, 2.45) is 5.73 Å². The quantitative estimate of drug-likeness (QED) is 0.824. The van der Waals surface area contributed by atoms with E-state index in [1.54, 1.807) is 19.4 Å². The van der Waals surface area contributed by atoms with Gasteiger partial charge in [0.2, 0.25) is 0 Å². The number of hydrogen-bond acceptors (Lipinski definition) is 5. The van der Waals surface area contributed by atoms with E-state index < -0.39 is 0 Å². The van der Waals surface area contributed by atoms with Crippen molar-refractivity contribution in [3.05, 3.63) is 22.6 Å². The average molecular weight is 266 g/mol. The molecule has 0 saturated carbocycles. The van der Waals surface area contributed by atoms with Crippen LogP contribution >= 0.6 is 0 Å². The van der Waals surface area contributed by atoms with Gasteiger partial charge in [0.15, 0.2) is 0 Å². The Morgan fingerprint density at radius 3 is 2.79 bits per heavy atom. The number of rotatable bonds is 5. The molecule has 1 aromatic heterocycles. The Balaban J connectivity index is 2.06. The first-order valence-electron chi connectivity index (χ1n) is 6.77. The zero-order chi connectivity index (χ0) is 13.7. The molecule has 0 spiro atoms. The smallest absolute Gasteiger partial charge is 0.268 e. The number of ether oxygens (including phenoxy) is 1. The lowest BCUT2D eigenvalue weighted by Crippen LogP contribution is -2.37. The van der Waals surface area contributed by atoms with Gasteiger partial charge in [-0.25, -0.2) is 4.68 Å². The Morgan fingerprint density at radius 1 is 1.42 bits per heavy atom. The van der Waals surface area contributed by atoms with Crippen LogP contribution in [-0.2, 0) is 11.3 Å². The molecule has 2 rings (SSSR count). The Hall–Kier alpha value is -1.40. The van der Waals surface area contributed by atoms with Crippen LogP contribution in [0.4, 0.5) is 5.69 Å². The summed E-state index contributed by atoms with van der Waals surface area (Å²) < 4.78 is 6.36. The maximum absolute atomic E-state index is 12.0. The number of aromatic nitrogens is 2. The van der Waals surface area contributed by atoms with Crippen molar-refractivity contribution in [2.45, 2.75) is 31.8 Å². The highest BCUT2D eigenvalue weighted by Crippen LogP contribution is 2.16. The van der Waals surface area contributed by atoms with Crippen LogP contribution in [0.1, 0.15) is 19.3 Å². The molecule has 0 aliphatic carbocycles. The number of hydrogen-bond donors (Lipinski definition) is 1. The molecule has 0 amide bonds. The van der Waals surface area contributed by atoms with Gasteiger partial charge in [0.1, 0.15) is 0 Å². The zero-order valence-corrected chi connectivity index (χ0v) is 11.4. The van der Waals surface area contributed by atoms with Crippen molar-refractivity contribution in [3.63, 3.8) is 0 Å². The molecule has 1 aliphatic heterocycles. The normalized spacial score (nSPS) is 17.5. The third-order valence-corrected chi connectivity index (χ3v) is 3.36. The van der Waals surface area contributed by atoms with Gasteiger partial charge in [-0.3, -0.25) is 4.79 Å². The highest BCUT2D eigenvalue weighted by Gasteiger charge is 2.13. The van der Waals surface area contributed by atoms with Gasteiger partial charge in [-0.2, -0.15) is 5.10 Å². The average Bonchev–Trinajstić information content (AvgIpc) is 2.42. The van der Waals surface area contributed by atoms with Crippen molar-refractivity contribution in [1.29, 1.82) is 0 Å². The fourth-order valence-electron chi connectivity index (χ4n) is 2.38. The van der Waals surface area contributed by atoms with E-state index in [1.165, 1.54) is 23.9 Å². The Labute approximate surface area is 113 Å². The molecule has 1 unspecified atom stereocenters. The van der Waals surface area contributed by atoms with Gasteiger partial charge in [-0.1, -0.05) is 0 Å². The summed E-state index contributed by atoms with van der Waals surface area (Å²) in [5, 5.41) is 4.20. The number of methoxy groups -OCH3 is 1. The van der Waals surface area contributed by atoms with Crippen LogP contribution in [0.25, 0.3) is 0 Å². The SMILES string of the molecule is COCC(N)Cn1ncc(N2CCCCC2)cc1=O. The maximum Gasteiger partial charge on any atom is 0.268 e. The van der Waals surface area contributed by atoms with E-state index in [2.05, 4.69) is 10.00 Å². The van der Waals surface area contributed by atoms with E-state index in [0.717, 1.165) is 18.8 Å². The molecule has 106 valence electrons. The second-order valence-electron chi connectivity index (χ2n) is 5.00. The third kappa shape index (κ3) is 3.78. The second-order valence-corrected chi connectivity index (χ2v) is 5.00. The molecule has 1 saturated heterocycles. The van der Waals surface area contributed by atoms with Gasteiger partial charge in [-0.05, 0) is 19.3 Å². The fraction of sp³-hybridized carbons (Fsp3) is 0.692. The minimum Gasteiger partial charge on any atom is -0.383 e. The largest absolute Gasteiger partial charge is 0.383 e. The lowest BCUT2D eigenvalue weighted by molar-refractivity contribution is 0.171. The summed E-state index contributed by atoms with van der Waals surface area (Å²) in [5.74, 6) is 0. The van der Waals surface area contributed by atoms with Crippen LogP contribution in [0.5, 0.6) is 0 Å². The van der Waals surface area contributed by atoms with Crippen LogP contribution in [0.15, 0.2) is 17.1 Å². The number of nitrogens with zero attached hydrogens (tertiary/aromatic N) is 3. The van der Waals surface area contributed by atoms with E-state index >= 15 is 0 Å². The van der Waals surface area contributed by atoms with Gasteiger partial charge in [0.05, 0.1) is 25.0 Å². The molecule has 6 nitrogen and oxygen atoms in total. The highest BCUT2D eigenvalue weighted by atomic mass is 16.5. The van der Waals surface area contributed by atoms with E-state index in [-0.39, 0.29) is 11.6 Å². The molecule has 2 N–H and O–H groups in total. The molecule has 0 aromatic carbocycles. The molecule has 0 bridgehead atoms. The highest BCUT2D eigenvalue weighted by molar-refractivity contribution is 5.43. The lowest BCUT2D eigenvalue weighted by Gasteiger charge is -2.28. The molecule has 6 heteroatoms. The molecular formula is C13H22N4O2. The first-order chi connectivity index (χ1) is 9.20. The van der Waals surface area contributed by atoms with Crippen molar-refractivity contribution < 1.29 is 4.74 Å². The van der Waals surface area contributed by atoms with Crippen LogP contribution in [0.3, 0.4) is 0 Å². The predicted octanol–water partition coefficient (Wildman–Crippen LogP) is 0.207. The summed E-state index contributed by atoms with van der Waals surface area (Å²) >= 11 is 0. The molecule has 0 radical (unpaired) electrons. The molecule has 1 aromatic rings. The van der Waals surface area contributed by atoms with Crippen molar-refractivity contribution in [2.75, 3.05) is 31.7 Å². The first-order valence-corrected chi connectivity index (χ1v) is 6.77. The van der Waals surface area contributed by atoms with Crippen molar-refractivity contribution in [1.82, 2.24) is 9.78 Å². The Morgan fingerprint density at radius 2 is 2.16 bits per heavy atom. The van der Waals surface area contributed by atoms with Crippen LogP contribution in [0, 0.1) is 0 Å². The Kier molecular flexibility index (Phi) is 4.93. The minimum atomic E-state index is -0.212. The summed E-state index contributed by atoms with van der Waals surface area (Å²) in [6, 6.07) is 1.44. The lowest BCUT2D eigenvalue weighted by atomic mass is 10.1. The fourth-order valence-corrected chi connectivity index (χ4v) is 2.38. The van der Waals surface area contributed by atoms with Gasteiger partial charge < -0.3 is 15.4 Å². The van der Waals surface area contributed by atoms with Crippen molar-refractivity contribution in [3.8, 4) is 0 Å². The van der Waals surface area contributed by atoms with Crippen LogP contribution in [0.2, 0.25) is 0 Å². The molecule has 1 atom stereocenters. The summed E-state index contributed by atoms with van der Waals surface area (Å²) in [5.41, 5.74) is 6.65. The molecule has 1 aliphatic rings. The van der Waals surface area contributed by atoms with Crippen LogP contribution in [-0.4, -0.2) is 42.6 Å². The summed E-state index contributed by atoms with van der Waals surface area (Å²) in [6.45, 7) is 2.82. The second kappa shape index (κ2) is 6.68.